The summed E-state index contributed by atoms with van der Waals surface area (Å²) in [5, 5.41) is 12.3. The summed E-state index contributed by atoms with van der Waals surface area (Å²) in [6.07, 6.45) is 1.51. The first-order chi connectivity index (χ1) is 10.4. The van der Waals surface area contributed by atoms with E-state index in [0.717, 1.165) is 13.0 Å². The smallest absolute Gasteiger partial charge is 0.303 e. The van der Waals surface area contributed by atoms with Gasteiger partial charge in [-0.15, -0.1) is 0 Å². The second-order valence-electron chi connectivity index (χ2n) is 4.95. The first-order valence-corrected chi connectivity index (χ1v) is 7.87. The average Bonchev–Trinajstić information content (AvgIpc) is 2.41. The quantitative estimate of drug-likeness (QED) is 0.717. The van der Waals surface area contributed by atoms with Gasteiger partial charge in [-0.05, 0) is 44.1 Å². The number of halogens is 2. The highest BCUT2D eigenvalue weighted by Crippen LogP contribution is 2.25. The lowest BCUT2D eigenvalue weighted by atomic mass is 10.2. The third kappa shape index (κ3) is 7.11. The summed E-state index contributed by atoms with van der Waals surface area (Å²) in [4.78, 5) is 24.5. The van der Waals surface area contributed by atoms with E-state index < -0.39 is 5.97 Å². The summed E-state index contributed by atoms with van der Waals surface area (Å²) < 4.78 is 0. The van der Waals surface area contributed by atoms with Crippen molar-refractivity contribution < 1.29 is 14.7 Å². The van der Waals surface area contributed by atoms with Crippen LogP contribution >= 0.6 is 23.2 Å². The lowest BCUT2D eigenvalue weighted by Gasteiger charge is -2.20. The highest BCUT2D eigenvalue weighted by molar-refractivity contribution is 6.36. The zero-order chi connectivity index (χ0) is 16.5. The molecule has 0 aromatic heterocycles. The maximum Gasteiger partial charge on any atom is 0.303 e. The zero-order valence-corrected chi connectivity index (χ0v) is 14.0. The van der Waals surface area contributed by atoms with E-state index in [4.69, 9.17) is 28.3 Å². The van der Waals surface area contributed by atoms with Crippen LogP contribution in [0.15, 0.2) is 18.2 Å². The second-order valence-corrected chi connectivity index (χ2v) is 5.79. The Hall–Kier alpha value is -1.30. The van der Waals surface area contributed by atoms with Crippen LogP contribution in [0, 0.1) is 0 Å². The van der Waals surface area contributed by atoms with Gasteiger partial charge in [-0.2, -0.15) is 0 Å². The van der Waals surface area contributed by atoms with Crippen LogP contribution < -0.4 is 5.32 Å². The van der Waals surface area contributed by atoms with E-state index in [2.05, 4.69) is 5.32 Å². The van der Waals surface area contributed by atoms with E-state index in [-0.39, 0.29) is 18.9 Å². The number of benzene rings is 1. The molecule has 5 nitrogen and oxygen atoms in total. The molecular formula is C15H20Cl2N2O3. The fourth-order valence-corrected chi connectivity index (χ4v) is 2.48. The van der Waals surface area contributed by atoms with Crippen molar-refractivity contribution in [3.8, 4) is 0 Å². The van der Waals surface area contributed by atoms with Crippen LogP contribution in [0.3, 0.4) is 0 Å². The number of hydrogen-bond donors (Lipinski definition) is 2. The Balaban J connectivity index is 2.53. The van der Waals surface area contributed by atoms with E-state index in [1.54, 1.807) is 18.2 Å². The molecule has 0 atom stereocenters. The number of amides is 1. The van der Waals surface area contributed by atoms with Crippen LogP contribution in [-0.4, -0.2) is 41.5 Å². The number of rotatable bonds is 9. The predicted molar refractivity (Wildman–Crippen MR) is 88.7 cm³/mol. The van der Waals surface area contributed by atoms with E-state index in [0.29, 0.717) is 28.7 Å². The minimum absolute atomic E-state index is 0.102. The van der Waals surface area contributed by atoms with Gasteiger partial charge in [0.1, 0.15) is 0 Å². The van der Waals surface area contributed by atoms with Crippen LogP contribution in [0.1, 0.15) is 26.2 Å². The number of carbonyl (C=O) groups is 2. The van der Waals surface area contributed by atoms with Crippen molar-refractivity contribution in [2.45, 2.75) is 26.2 Å². The van der Waals surface area contributed by atoms with Crippen molar-refractivity contribution in [3.63, 3.8) is 0 Å². The number of aliphatic carboxylic acids is 1. The molecule has 0 unspecified atom stereocenters. The van der Waals surface area contributed by atoms with Gasteiger partial charge in [0, 0.05) is 11.4 Å². The topological polar surface area (TPSA) is 69.6 Å². The number of anilines is 1. The summed E-state index contributed by atoms with van der Waals surface area (Å²) in [7, 11) is 0. The van der Waals surface area contributed by atoms with Crippen LogP contribution in [-0.2, 0) is 9.59 Å². The van der Waals surface area contributed by atoms with E-state index >= 15 is 0 Å². The summed E-state index contributed by atoms with van der Waals surface area (Å²) >= 11 is 11.8. The molecule has 1 amide bonds. The number of nitrogens with one attached hydrogen (secondary N) is 1. The van der Waals surface area contributed by atoms with Gasteiger partial charge in [0.15, 0.2) is 0 Å². The normalized spacial score (nSPS) is 10.7. The Bertz CT molecular complexity index is 524. The molecule has 0 heterocycles. The monoisotopic (exact) mass is 346 g/mol. The van der Waals surface area contributed by atoms with Gasteiger partial charge in [0.05, 0.1) is 17.3 Å². The number of nitrogens with zero attached hydrogens (tertiary/aromatic N) is 1. The number of carbonyl (C=O) groups excluding carboxylic acids is 1. The van der Waals surface area contributed by atoms with Gasteiger partial charge in [-0.25, -0.2) is 0 Å². The van der Waals surface area contributed by atoms with E-state index in [9.17, 15) is 9.59 Å². The van der Waals surface area contributed by atoms with Gasteiger partial charge in [0.25, 0.3) is 0 Å². The minimum Gasteiger partial charge on any atom is -0.481 e. The molecule has 0 aliphatic carbocycles. The standard InChI is InChI=1S/C15H20Cl2N2O3/c1-2-7-19(8-3-4-15(21)22)10-14(20)18-13-6-5-11(16)9-12(13)17/h5-6,9H,2-4,7-8,10H2,1H3,(H,18,20)(H,21,22). The Morgan fingerprint density at radius 3 is 2.59 bits per heavy atom. The van der Waals surface area contributed by atoms with Gasteiger partial charge in [0.2, 0.25) is 5.91 Å². The van der Waals surface area contributed by atoms with Crippen molar-refractivity contribution in [2.75, 3.05) is 25.0 Å². The summed E-state index contributed by atoms with van der Waals surface area (Å²) in [5.41, 5.74) is 0.512. The summed E-state index contributed by atoms with van der Waals surface area (Å²) in [6.45, 7) is 3.52. The van der Waals surface area contributed by atoms with Crippen molar-refractivity contribution in [2.24, 2.45) is 0 Å². The lowest BCUT2D eigenvalue weighted by molar-refractivity contribution is -0.137. The molecule has 0 radical (unpaired) electrons. The highest BCUT2D eigenvalue weighted by Gasteiger charge is 2.12. The fraction of sp³-hybridized carbons (Fsp3) is 0.467. The van der Waals surface area contributed by atoms with Gasteiger partial charge in [-0.1, -0.05) is 30.1 Å². The molecule has 0 fully saturated rings. The van der Waals surface area contributed by atoms with Crippen LogP contribution in [0.2, 0.25) is 10.0 Å². The van der Waals surface area contributed by atoms with Crippen molar-refractivity contribution in [3.05, 3.63) is 28.2 Å². The van der Waals surface area contributed by atoms with E-state index in [1.165, 1.54) is 0 Å². The molecule has 1 aromatic carbocycles. The molecule has 1 rings (SSSR count). The first-order valence-electron chi connectivity index (χ1n) is 7.11. The Morgan fingerprint density at radius 2 is 2.00 bits per heavy atom. The van der Waals surface area contributed by atoms with Gasteiger partial charge in [-0.3, -0.25) is 14.5 Å². The summed E-state index contributed by atoms with van der Waals surface area (Å²) in [5.74, 6) is -1.01. The zero-order valence-electron chi connectivity index (χ0n) is 12.4. The third-order valence-electron chi connectivity index (χ3n) is 2.98. The SMILES string of the molecule is CCCN(CCCC(=O)O)CC(=O)Nc1ccc(Cl)cc1Cl. The number of hydrogen-bond acceptors (Lipinski definition) is 3. The maximum absolute atomic E-state index is 12.1. The van der Waals surface area contributed by atoms with Crippen LogP contribution in [0.5, 0.6) is 0 Å². The molecule has 22 heavy (non-hydrogen) atoms. The van der Waals surface area contributed by atoms with Gasteiger partial charge < -0.3 is 10.4 Å². The number of carboxylic acid groups (broad SMARTS) is 1. The molecule has 2 N–H and O–H groups in total. The highest BCUT2D eigenvalue weighted by atomic mass is 35.5. The lowest BCUT2D eigenvalue weighted by Crippen LogP contribution is -2.34. The van der Waals surface area contributed by atoms with Crippen LogP contribution in [0.25, 0.3) is 0 Å². The molecule has 0 spiro atoms. The molecule has 1 aromatic rings. The van der Waals surface area contributed by atoms with Gasteiger partial charge >= 0.3 is 5.97 Å². The second kappa shape index (κ2) is 9.66. The maximum atomic E-state index is 12.1. The first kappa shape index (κ1) is 18.7. The molecular weight excluding hydrogens is 327 g/mol. The molecule has 0 saturated carbocycles. The van der Waals surface area contributed by atoms with Crippen molar-refractivity contribution >= 4 is 40.8 Å². The third-order valence-corrected chi connectivity index (χ3v) is 3.53. The van der Waals surface area contributed by atoms with Crippen molar-refractivity contribution in [1.82, 2.24) is 4.90 Å². The molecule has 7 heteroatoms. The molecule has 0 aliphatic rings. The Labute approximate surface area is 140 Å². The predicted octanol–water partition coefficient (Wildman–Crippen LogP) is 3.51. The summed E-state index contributed by atoms with van der Waals surface area (Å²) in [6, 6.07) is 4.87. The van der Waals surface area contributed by atoms with Crippen molar-refractivity contribution in [1.29, 1.82) is 0 Å². The molecule has 0 saturated heterocycles. The number of carboxylic acids is 1. The Kier molecular flexibility index (Phi) is 8.24. The largest absolute Gasteiger partial charge is 0.481 e. The van der Waals surface area contributed by atoms with E-state index in [1.807, 2.05) is 11.8 Å². The Morgan fingerprint density at radius 1 is 1.27 bits per heavy atom. The molecule has 122 valence electrons. The molecule has 0 bridgehead atoms. The minimum atomic E-state index is -0.825. The average molecular weight is 347 g/mol. The fourth-order valence-electron chi connectivity index (χ4n) is 2.02. The van der Waals surface area contributed by atoms with Crippen LogP contribution in [0.4, 0.5) is 5.69 Å². The molecule has 0 aliphatic heterocycles.